The van der Waals surface area contributed by atoms with Gasteiger partial charge in [0.2, 0.25) is 0 Å². The SMILES string of the molecule is CN1CCC(C(O)c2cccc(F)c2N)CC1. The number of anilines is 1. The average molecular weight is 238 g/mol. The highest BCUT2D eigenvalue weighted by atomic mass is 19.1. The fourth-order valence-electron chi connectivity index (χ4n) is 2.41. The Morgan fingerprint density at radius 1 is 1.41 bits per heavy atom. The predicted molar refractivity (Wildman–Crippen MR) is 66.0 cm³/mol. The maximum atomic E-state index is 13.3. The van der Waals surface area contributed by atoms with Gasteiger partial charge in [-0.05, 0) is 45.0 Å². The molecule has 0 radical (unpaired) electrons. The van der Waals surface area contributed by atoms with Crippen LogP contribution in [-0.2, 0) is 0 Å². The van der Waals surface area contributed by atoms with Crippen molar-refractivity contribution < 1.29 is 9.50 Å². The molecule has 1 unspecified atom stereocenters. The summed E-state index contributed by atoms with van der Waals surface area (Å²) in [4.78, 5) is 2.23. The van der Waals surface area contributed by atoms with E-state index < -0.39 is 11.9 Å². The molecule has 1 heterocycles. The minimum atomic E-state index is -0.653. The van der Waals surface area contributed by atoms with E-state index in [9.17, 15) is 9.50 Å². The smallest absolute Gasteiger partial charge is 0.146 e. The van der Waals surface area contributed by atoms with Crippen LogP contribution in [0.3, 0.4) is 0 Å². The van der Waals surface area contributed by atoms with E-state index in [1.54, 1.807) is 12.1 Å². The number of benzene rings is 1. The molecule has 1 saturated heterocycles. The number of nitrogens with zero attached hydrogens (tertiary/aromatic N) is 1. The molecule has 1 aromatic rings. The number of likely N-dealkylation sites (tertiary alicyclic amines) is 1. The van der Waals surface area contributed by atoms with Crippen LogP contribution in [0.25, 0.3) is 0 Å². The van der Waals surface area contributed by atoms with E-state index in [0.717, 1.165) is 25.9 Å². The van der Waals surface area contributed by atoms with E-state index in [0.29, 0.717) is 5.56 Å². The second-order valence-corrected chi connectivity index (χ2v) is 4.83. The Bertz CT molecular complexity index is 389. The molecule has 2 rings (SSSR count). The molecule has 0 aromatic heterocycles. The summed E-state index contributed by atoms with van der Waals surface area (Å²) in [5.74, 6) is -0.273. The van der Waals surface area contributed by atoms with Gasteiger partial charge in [-0.25, -0.2) is 4.39 Å². The van der Waals surface area contributed by atoms with Gasteiger partial charge in [0, 0.05) is 5.56 Å². The summed E-state index contributed by atoms with van der Waals surface area (Å²) in [6.45, 7) is 1.94. The number of hydrogen-bond acceptors (Lipinski definition) is 3. The molecule has 0 spiro atoms. The lowest BCUT2D eigenvalue weighted by molar-refractivity contribution is 0.0661. The van der Waals surface area contributed by atoms with Crippen LogP contribution >= 0.6 is 0 Å². The van der Waals surface area contributed by atoms with Crippen molar-refractivity contribution in [3.63, 3.8) is 0 Å². The van der Waals surface area contributed by atoms with E-state index in [2.05, 4.69) is 11.9 Å². The zero-order chi connectivity index (χ0) is 12.4. The number of nitrogens with two attached hydrogens (primary N) is 1. The quantitative estimate of drug-likeness (QED) is 0.772. The second-order valence-electron chi connectivity index (χ2n) is 4.83. The van der Waals surface area contributed by atoms with Crippen LogP contribution in [0.4, 0.5) is 10.1 Å². The summed E-state index contributed by atoms with van der Waals surface area (Å²) in [6.07, 6.45) is 1.20. The average Bonchev–Trinajstić information content (AvgIpc) is 2.33. The molecule has 94 valence electrons. The third kappa shape index (κ3) is 2.58. The lowest BCUT2D eigenvalue weighted by Crippen LogP contribution is -2.32. The number of nitrogen functional groups attached to an aromatic ring is 1. The van der Waals surface area contributed by atoms with Crippen molar-refractivity contribution in [2.24, 2.45) is 5.92 Å². The summed E-state index contributed by atoms with van der Waals surface area (Å²) >= 11 is 0. The molecule has 1 atom stereocenters. The Hall–Kier alpha value is -1.13. The molecule has 3 nitrogen and oxygen atoms in total. The zero-order valence-electron chi connectivity index (χ0n) is 10.1. The minimum absolute atomic E-state index is 0.0823. The third-order valence-corrected chi connectivity index (χ3v) is 3.62. The monoisotopic (exact) mass is 238 g/mol. The number of halogens is 1. The van der Waals surface area contributed by atoms with E-state index in [1.807, 2.05) is 0 Å². The summed E-state index contributed by atoms with van der Waals surface area (Å²) in [6, 6.07) is 4.63. The lowest BCUT2D eigenvalue weighted by Gasteiger charge is -2.32. The van der Waals surface area contributed by atoms with Crippen molar-refractivity contribution >= 4 is 5.69 Å². The Kier molecular flexibility index (Phi) is 3.64. The molecule has 0 aliphatic carbocycles. The second kappa shape index (κ2) is 5.02. The first-order chi connectivity index (χ1) is 8.09. The molecule has 3 N–H and O–H groups in total. The highest BCUT2D eigenvalue weighted by molar-refractivity contribution is 5.49. The van der Waals surface area contributed by atoms with Crippen molar-refractivity contribution in [3.8, 4) is 0 Å². The molecule has 0 bridgehead atoms. The molecule has 1 fully saturated rings. The fraction of sp³-hybridized carbons (Fsp3) is 0.538. The van der Waals surface area contributed by atoms with E-state index in [4.69, 9.17) is 5.73 Å². The molecule has 0 amide bonds. The molecule has 1 aliphatic rings. The molecule has 1 aliphatic heterocycles. The van der Waals surface area contributed by atoms with Gasteiger partial charge in [0.05, 0.1) is 11.8 Å². The van der Waals surface area contributed by atoms with Crippen molar-refractivity contribution in [1.82, 2.24) is 4.90 Å². The van der Waals surface area contributed by atoms with Crippen molar-refractivity contribution in [3.05, 3.63) is 29.6 Å². The fourth-order valence-corrected chi connectivity index (χ4v) is 2.41. The van der Waals surface area contributed by atoms with Crippen LogP contribution in [-0.4, -0.2) is 30.1 Å². The molecule has 1 aromatic carbocycles. The maximum Gasteiger partial charge on any atom is 0.146 e. The third-order valence-electron chi connectivity index (χ3n) is 3.62. The van der Waals surface area contributed by atoms with Crippen LogP contribution in [0.5, 0.6) is 0 Å². The van der Waals surface area contributed by atoms with Gasteiger partial charge in [-0.1, -0.05) is 12.1 Å². The Labute approximate surface area is 101 Å². The largest absolute Gasteiger partial charge is 0.396 e. The number of hydrogen-bond donors (Lipinski definition) is 2. The van der Waals surface area contributed by atoms with Gasteiger partial charge in [-0.2, -0.15) is 0 Å². The van der Waals surface area contributed by atoms with E-state index >= 15 is 0 Å². The molecular formula is C13H19FN2O. The lowest BCUT2D eigenvalue weighted by atomic mass is 9.87. The topological polar surface area (TPSA) is 49.5 Å². The van der Waals surface area contributed by atoms with Crippen LogP contribution in [0.15, 0.2) is 18.2 Å². The Balaban J connectivity index is 2.14. The summed E-state index contributed by atoms with van der Waals surface area (Å²) in [5, 5.41) is 10.3. The Morgan fingerprint density at radius 3 is 2.71 bits per heavy atom. The van der Waals surface area contributed by atoms with Crippen LogP contribution < -0.4 is 5.73 Å². The zero-order valence-corrected chi connectivity index (χ0v) is 10.1. The van der Waals surface area contributed by atoms with Crippen molar-refractivity contribution in [2.75, 3.05) is 25.9 Å². The number of para-hydroxylation sites is 1. The molecule has 17 heavy (non-hydrogen) atoms. The van der Waals surface area contributed by atoms with Crippen molar-refractivity contribution in [1.29, 1.82) is 0 Å². The van der Waals surface area contributed by atoms with Crippen LogP contribution in [0.2, 0.25) is 0 Å². The number of aliphatic hydroxyl groups is 1. The number of piperidine rings is 1. The van der Waals surface area contributed by atoms with Crippen LogP contribution in [0.1, 0.15) is 24.5 Å². The normalized spacial score (nSPS) is 20.4. The van der Waals surface area contributed by atoms with E-state index in [1.165, 1.54) is 6.07 Å². The van der Waals surface area contributed by atoms with Gasteiger partial charge in [0.15, 0.2) is 0 Å². The molecular weight excluding hydrogens is 219 g/mol. The van der Waals surface area contributed by atoms with Gasteiger partial charge >= 0.3 is 0 Å². The Morgan fingerprint density at radius 2 is 2.06 bits per heavy atom. The number of rotatable bonds is 2. The summed E-state index contributed by atoms with van der Waals surface area (Å²) < 4.78 is 13.3. The molecule has 4 heteroatoms. The van der Waals surface area contributed by atoms with Gasteiger partial charge < -0.3 is 15.7 Å². The van der Waals surface area contributed by atoms with E-state index in [-0.39, 0.29) is 11.6 Å². The highest BCUT2D eigenvalue weighted by Crippen LogP contribution is 2.33. The predicted octanol–water partition coefficient (Wildman–Crippen LogP) is 1.78. The first-order valence-electron chi connectivity index (χ1n) is 6.00. The van der Waals surface area contributed by atoms with Gasteiger partial charge in [-0.15, -0.1) is 0 Å². The van der Waals surface area contributed by atoms with Gasteiger partial charge in [0.25, 0.3) is 0 Å². The summed E-state index contributed by atoms with van der Waals surface area (Å²) in [7, 11) is 2.07. The minimum Gasteiger partial charge on any atom is -0.396 e. The van der Waals surface area contributed by atoms with Crippen molar-refractivity contribution in [2.45, 2.75) is 18.9 Å². The summed E-state index contributed by atoms with van der Waals surface area (Å²) in [5.41, 5.74) is 6.28. The first-order valence-corrected chi connectivity index (χ1v) is 6.00. The number of aliphatic hydroxyl groups excluding tert-OH is 1. The van der Waals surface area contributed by atoms with Crippen LogP contribution in [0, 0.1) is 11.7 Å². The highest BCUT2D eigenvalue weighted by Gasteiger charge is 2.26. The van der Waals surface area contributed by atoms with Gasteiger partial charge in [0.1, 0.15) is 5.82 Å². The maximum absolute atomic E-state index is 13.3. The standard InChI is InChI=1S/C13H19FN2O/c1-16-7-5-9(6-8-16)13(17)10-3-2-4-11(14)12(10)15/h2-4,9,13,17H,5-8,15H2,1H3. The van der Waals surface area contributed by atoms with Gasteiger partial charge in [-0.3, -0.25) is 0 Å². The first kappa shape index (κ1) is 12.3. The molecule has 0 saturated carbocycles.